The summed E-state index contributed by atoms with van der Waals surface area (Å²) >= 11 is 1.51. The molecule has 0 aliphatic carbocycles. The van der Waals surface area contributed by atoms with Crippen LogP contribution in [0.5, 0.6) is 0 Å². The van der Waals surface area contributed by atoms with Gasteiger partial charge >= 0.3 is 5.97 Å². The molecule has 138 valence electrons. The first-order valence-electron chi connectivity index (χ1n) is 8.20. The van der Waals surface area contributed by atoms with Crippen LogP contribution in [0, 0.1) is 6.92 Å². The van der Waals surface area contributed by atoms with E-state index in [9.17, 15) is 9.59 Å². The largest absolute Gasteiger partial charge is 0.465 e. The van der Waals surface area contributed by atoms with Crippen molar-refractivity contribution in [2.45, 2.75) is 17.6 Å². The maximum atomic E-state index is 12.7. The number of aromatic nitrogens is 1. The van der Waals surface area contributed by atoms with Gasteiger partial charge in [0.05, 0.1) is 29.7 Å². The van der Waals surface area contributed by atoms with E-state index in [4.69, 9.17) is 4.52 Å². The highest BCUT2D eigenvalue weighted by molar-refractivity contribution is 7.98. The molecule has 7 heteroatoms. The van der Waals surface area contributed by atoms with Crippen molar-refractivity contribution in [2.24, 2.45) is 0 Å². The van der Waals surface area contributed by atoms with Gasteiger partial charge in [-0.15, -0.1) is 11.8 Å². The van der Waals surface area contributed by atoms with Crippen LogP contribution in [-0.2, 0) is 10.5 Å². The number of ether oxygens (including phenoxy) is 1. The van der Waals surface area contributed by atoms with Crippen molar-refractivity contribution in [1.82, 2.24) is 5.16 Å². The van der Waals surface area contributed by atoms with Gasteiger partial charge in [0.1, 0.15) is 5.76 Å². The van der Waals surface area contributed by atoms with Crippen LogP contribution in [0.25, 0.3) is 0 Å². The number of amides is 1. The van der Waals surface area contributed by atoms with Crippen molar-refractivity contribution in [1.29, 1.82) is 0 Å². The zero-order valence-corrected chi connectivity index (χ0v) is 15.7. The van der Waals surface area contributed by atoms with Crippen molar-refractivity contribution >= 4 is 29.3 Å². The van der Waals surface area contributed by atoms with E-state index in [1.807, 2.05) is 31.2 Å². The lowest BCUT2D eigenvalue weighted by molar-refractivity contribution is 0.0600. The third kappa shape index (κ3) is 4.77. The molecule has 0 bridgehead atoms. The van der Waals surface area contributed by atoms with Gasteiger partial charge in [-0.05, 0) is 43.3 Å². The smallest absolute Gasteiger partial charge is 0.337 e. The number of hydrogen-bond donors (Lipinski definition) is 1. The maximum Gasteiger partial charge on any atom is 0.337 e. The van der Waals surface area contributed by atoms with Gasteiger partial charge in [-0.2, -0.15) is 0 Å². The molecule has 0 saturated heterocycles. The Balaban J connectivity index is 1.70. The summed E-state index contributed by atoms with van der Waals surface area (Å²) in [5.41, 5.74) is 2.41. The monoisotopic (exact) mass is 382 g/mol. The lowest BCUT2D eigenvalue weighted by Crippen LogP contribution is -2.13. The van der Waals surface area contributed by atoms with Crippen LogP contribution >= 0.6 is 11.8 Å². The topological polar surface area (TPSA) is 81.4 Å². The van der Waals surface area contributed by atoms with E-state index < -0.39 is 5.97 Å². The van der Waals surface area contributed by atoms with Gasteiger partial charge in [0, 0.05) is 16.6 Å². The number of thioether (sulfide) groups is 1. The predicted molar refractivity (Wildman–Crippen MR) is 103 cm³/mol. The number of esters is 1. The summed E-state index contributed by atoms with van der Waals surface area (Å²) in [7, 11) is 1.33. The predicted octanol–water partition coefficient (Wildman–Crippen LogP) is 4.31. The SMILES string of the molecule is COC(=O)c1ccc(NC(=O)c2ccccc2SCc2cc(C)no2)cc1. The molecule has 0 fully saturated rings. The van der Waals surface area contributed by atoms with E-state index in [2.05, 4.69) is 15.2 Å². The highest BCUT2D eigenvalue weighted by Gasteiger charge is 2.13. The number of nitrogens with zero attached hydrogens (tertiary/aromatic N) is 1. The third-order valence-corrected chi connectivity index (χ3v) is 4.84. The van der Waals surface area contributed by atoms with Crippen LogP contribution in [0.4, 0.5) is 5.69 Å². The second-order valence-electron chi connectivity index (χ2n) is 5.74. The molecule has 3 rings (SSSR count). The fourth-order valence-corrected chi connectivity index (χ4v) is 3.34. The number of carbonyl (C=O) groups is 2. The van der Waals surface area contributed by atoms with Crippen molar-refractivity contribution in [3.05, 3.63) is 77.2 Å². The van der Waals surface area contributed by atoms with Gasteiger partial charge in [-0.25, -0.2) is 4.79 Å². The Labute approximate surface area is 160 Å². The van der Waals surface area contributed by atoms with Crippen LogP contribution in [0.2, 0.25) is 0 Å². The summed E-state index contributed by atoms with van der Waals surface area (Å²) < 4.78 is 9.88. The fraction of sp³-hybridized carbons (Fsp3) is 0.150. The van der Waals surface area contributed by atoms with Crippen LogP contribution in [0.1, 0.15) is 32.2 Å². The quantitative estimate of drug-likeness (QED) is 0.505. The number of rotatable bonds is 6. The molecule has 1 heterocycles. The van der Waals surface area contributed by atoms with Crippen LogP contribution in [0.3, 0.4) is 0 Å². The fourth-order valence-electron chi connectivity index (χ4n) is 2.42. The number of methoxy groups -OCH3 is 1. The van der Waals surface area contributed by atoms with Gasteiger partial charge < -0.3 is 14.6 Å². The Morgan fingerprint density at radius 1 is 1.15 bits per heavy atom. The molecule has 27 heavy (non-hydrogen) atoms. The molecule has 0 saturated carbocycles. The summed E-state index contributed by atoms with van der Waals surface area (Å²) in [6.07, 6.45) is 0. The van der Waals surface area contributed by atoms with Gasteiger partial charge in [0.15, 0.2) is 0 Å². The van der Waals surface area contributed by atoms with Gasteiger partial charge in [-0.1, -0.05) is 17.3 Å². The third-order valence-electron chi connectivity index (χ3n) is 3.74. The number of nitrogens with one attached hydrogen (secondary N) is 1. The molecule has 6 nitrogen and oxygen atoms in total. The second kappa shape index (κ2) is 8.55. The van der Waals surface area contributed by atoms with Crippen molar-refractivity contribution < 1.29 is 18.8 Å². The van der Waals surface area contributed by atoms with Gasteiger partial charge in [-0.3, -0.25) is 4.79 Å². The Bertz CT molecular complexity index is 951. The summed E-state index contributed by atoms with van der Waals surface area (Å²) in [6, 6.07) is 15.8. The van der Waals surface area contributed by atoms with E-state index in [-0.39, 0.29) is 5.91 Å². The summed E-state index contributed by atoms with van der Waals surface area (Å²) in [6.45, 7) is 1.87. The minimum Gasteiger partial charge on any atom is -0.465 e. The summed E-state index contributed by atoms with van der Waals surface area (Å²) in [5, 5.41) is 6.71. The molecule has 1 N–H and O–H groups in total. The average Bonchev–Trinajstić information content (AvgIpc) is 3.11. The zero-order chi connectivity index (χ0) is 19.2. The highest BCUT2D eigenvalue weighted by Crippen LogP contribution is 2.27. The zero-order valence-electron chi connectivity index (χ0n) is 14.9. The molecule has 0 atom stereocenters. The van der Waals surface area contributed by atoms with E-state index >= 15 is 0 Å². The molecular formula is C20H18N2O4S. The lowest BCUT2D eigenvalue weighted by Gasteiger charge is -2.10. The number of benzene rings is 2. The summed E-state index contributed by atoms with van der Waals surface area (Å²) in [4.78, 5) is 25.0. The molecule has 1 amide bonds. The van der Waals surface area contributed by atoms with E-state index in [1.165, 1.54) is 18.9 Å². The second-order valence-corrected chi connectivity index (χ2v) is 6.76. The number of carbonyl (C=O) groups excluding carboxylic acids is 2. The summed E-state index contributed by atoms with van der Waals surface area (Å²) in [5.74, 6) is 0.694. The normalized spacial score (nSPS) is 10.4. The van der Waals surface area contributed by atoms with Crippen LogP contribution in [-0.4, -0.2) is 24.1 Å². The molecule has 2 aromatic carbocycles. The Morgan fingerprint density at radius 2 is 1.89 bits per heavy atom. The number of aryl methyl sites for hydroxylation is 1. The minimum atomic E-state index is -0.419. The molecule has 3 aromatic rings. The van der Waals surface area contributed by atoms with Crippen molar-refractivity contribution in [3.63, 3.8) is 0 Å². The van der Waals surface area contributed by atoms with E-state index in [0.29, 0.717) is 22.6 Å². The molecule has 0 radical (unpaired) electrons. The van der Waals surface area contributed by atoms with E-state index in [0.717, 1.165) is 16.3 Å². The molecule has 0 unspecified atom stereocenters. The molecule has 0 aliphatic heterocycles. The number of anilines is 1. The standard InChI is InChI=1S/C20H18N2O4S/c1-13-11-16(26-22-13)12-27-18-6-4-3-5-17(18)19(23)21-15-9-7-14(8-10-15)20(24)25-2/h3-11H,12H2,1-2H3,(H,21,23). The molecular weight excluding hydrogens is 364 g/mol. The van der Waals surface area contributed by atoms with E-state index in [1.54, 1.807) is 30.3 Å². The van der Waals surface area contributed by atoms with Gasteiger partial charge in [0.25, 0.3) is 5.91 Å². The molecule has 0 spiro atoms. The molecule has 1 aromatic heterocycles. The Hall–Kier alpha value is -3.06. The average molecular weight is 382 g/mol. The lowest BCUT2D eigenvalue weighted by atomic mass is 10.2. The maximum absolute atomic E-state index is 12.7. The first kappa shape index (κ1) is 18.7. The van der Waals surface area contributed by atoms with Crippen LogP contribution < -0.4 is 5.32 Å². The van der Waals surface area contributed by atoms with Gasteiger partial charge in [0.2, 0.25) is 0 Å². The Morgan fingerprint density at radius 3 is 2.56 bits per heavy atom. The first-order valence-corrected chi connectivity index (χ1v) is 9.19. The minimum absolute atomic E-state index is 0.224. The van der Waals surface area contributed by atoms with Crippen molar-refractivity contribution in [2.75, 3.05) is 12.4 Å². The van der Waals surface area contributed by atoms with Crippen molar-refractivity contribution in [3.8, 4) is 0 Å². The Kier molecular flexibility index (Phi) is 5.93. The highest BCUT2D eigenvalue weighted by atomic mass is 32.2. The number of hydrogen-bond acceptors (Lipinski definition) is 6. The molecule has 0 aliphatic rings. The first-order chi connectivity index (χ1) is 13.1. The van der Waals surface area contributed by atoms with Crippen LogP contribution in [0.15, 0.2) is 64.0 Å².